The number of aromatic nitrogens is 2. The van der Waals surface area contributed by atoms with Crippen LogP contribution in [0.3, 0.4) is 0 Å². The predicted octanol–water partition coefficient (Wildman–Crippen LogP) is 3.02. The molecule has 0 radical (unpaired) electrons. The van der Waals surface area contributed by atoms with E-state index in [2.05, 4.69) is 5.10 Å². The van der Waals surface area contributed by atoms with Gasteiger partial charge in [0.2, 0.25) is 0 Å². The van der Waals surface area contributed by atoms with Crippen molar-refractivity contribution in [1.29, 1.82) is 0 Å². The van der Waals surface area contributed by atoms with Crippen LogP contribution in [0, 0.1) is 12.7 Å². The van der Waals surface area contributed by atoms with Crippen LogP contribution < -0.4 is 0 Å². The number of aryl methyl sites for hydroxylation is 2. The molecule has 0 amide bonds. The van der Waals surface area contributed by atoms with Crippen molar-refractivity contribution in [2.45, 2.75) is 20.4 Å². The van der Waals surface area contributed by atoms with E-state index in [9.17, 15) is 4.39 Å². The summed E-state index contributed by atoms with van der Waals surface area (Å²) >= 11 is 0. The first kappa shape index (κ1) is 9.90. The minimum Gasteiger partial charge on any atom is -0.265 e. The lowest BCUT2D eigenvalue weighted by molar-refractivity contribution is 0.618. The first-order valence-corrected chi connectivity index (χ1v) is 5.00. The van der Waals surface area contributed by atoms with Gasteiger partial charge in [-0.25, -0.2) is 4.39 Å². The fraction of sp³-hybridized carbons (Fsp3) is 0.250. The average Bonchev–Trinajstić information content (AvgIpc) is 2.70. The molecule has 0 unspecified atom stereocenters. The van der Waals surface area contributed by atoms with Gasteiger partial charge >= 0.3 is 0 Å². The van der Waals surface area contributed by atoms with Gasteiger partial charge in [-0.2, -0.15) is 5.10 Å². The largest absolute Gasteiger partial charge is 0.265 e. The van der Waals surface area contributed by atoms with Gasteiger partial charge in [0.1, 0.15) is 5.82 Å². The maximum absolute atomic E-state index is 13.4. The maximum Gasteiger partial charge on any atom is 0.126 e. The molecule has 1 aromatic heterocycles. The molecule has 78 valence electrons. The summed E-state index contributed by atoms with van der Waals surface area (Å²) in [5, 5.41) is 4.16. The molecule has 0 fully saturated rings. The number of hydrogen-bond donors (Lipinski definition) is 0. The van der Waals surface area contributed by atoms with Crippen LogP contribution in [0.4, 0.5) is 4.39 Å². The van der Waals surface area contributed by atoms with Gasteiger partial charge in [0.25, 0.3) is 0 Å². The molecule has 0 aliphatic carbocycles. The number of benzene rings is 1. The van der Waals surface area contributed by atoms with Crippen LogP contribution in [0.2, 0.25) is 0 Å². The van der Waals surface area contributed by atoms with Crippen LogP contribution in [0.1, 0.15) is 12.5 Å². The quantitative estimate of drug-likeness (QED) is 0.735. The smallest absolute Gasteiger partial charge is 0.126 e. The molecule has 0 saturated heterocycles. The molecular formula is C12H13FN2. The summed E-state index contributed by atoms with van der Waals surface area (Å²) in [6.07, 6.45) is 1.73. The van der Waals surface area contributed by atoms with Crippen molar-refractivity contribution in [3.8, 4) is 11.3 Å². The molecule has 1 aromatic carbocycles. The van der Waals surface area contributed by atoms with E-state index in [1.54, 1.807) is 25.3 Å². The summed E-state index contributed by atoms with van der Waals surface area (Å²) in [7, 11) is 0. The van der Waals surface area contributed by atoms with Crippen molar-refractivity contribution in [2.75, 3.05) is 0 Å². The van der Waals surface area contributed by atoms with E-state index >= 15 is 0 Å². The molecule has 0 N–H and O–H groups in total. The van der Waals surface area contributed by atoms with E-state index in [4.69, 9.17) is 0 Å². The van der Waals surface area contributed by atoms with E-state index in [-0.39, 0.29) is 5.82 Å². The monoisotopic (exact) mass is 204 g/mol. The molecular weight excluding hydrogens is 191 g/mol. The molecule has 0 spiro atoms. The Morgan fingerprint density at radius 3 is 2.80 bits per heavy atom. The first-order chi connectivity index (χ1) is 7.22. The van der Waals surface area contributed by atoms with Gasteiger partial charge in [0.05, 0.1) is 5.69 Å². The second-order valence-corrected chi connectivity index (χ2v) is 3.50. The fourth-order valence-corrected chi connectivity index (χ4v) is 1.58. The standard InChI is InChI=1S/C12H13FN2/c1-3-15-12(6-7-14-15)10-5-4-9(2)11(13)8-10/h4-8H,3H2,1-2H3. The van der Waals surface area contributed by atoms with Crippen LogP contribution in [0.5, 0.6) is 0 Å². The molecule has 2 rings (SSSR count). The number of rotatable bonds is 2. The number of halogens is 1. The van der Waals surface area contributed by atoms with Crippen molar-refractivity contribution >= 4 is 0 Å². The van der Waals surface area contributed by atoms with Gasteiger partial charge in [-0.05, 0) is 31.5 Å². The summed E-state index contributed by atoms with van der Waals surface area (Å²) < 4.78 is 15.2. The van der Waals surface area contributed by atoms with Crippen molar-refractivity contribution < 1.29 is 4.39 Å². The SMILES string of the molecule is CCn1nccc1-c1ccc(C)c(F)c1. The Bertz CT molecular complexity index is 474. The highest BCUT2D eigenvalue weighted by Crippen LogP contribution is 2.21. The Morgan fingerprint density at radius 1 is 1.33 bits per heavy atom. The van der Waals surface area contributed by atoms with Gasteiger partial charge in [0, 0.05) is 18.3 Å². The van der Waals surface area contributed by atoms with Gasteiger partial charge in [-0.1, -0.05) is 12.1 Å². The molecule has 15 heavy (non-hydrogen) atoms. The minimum absolute atomic E-state index is 0.170. The average molecular weight is 204 g/mol. The lowest BCUT2D eigenvalue weighted by atomic mass is 10.1. The summed E-state index contributed by atoms with van der Waals surface area (Å²) in [6, 6.07) is 7.16. The van der Waals surface area contributed by atoms with Crippen molar-refractivity contribution in [3.63, 3.8) is 0 Å². The van der Waals surface area contributed by atoms with Crippen LogP contribution in [-0.4, -0.2) is 9.78 Å². The van der Waals surface area contributed by atoms with E-state index in [1.807, 2.05) is 23.7 Å². The lowest BCUT2D eigenvalue weighted by Crippen LogP contribution is -1.99. The van der Waals surface area contributed by atoms with Gasteiger partial charge in [0.15, 0.2) is 0 Å². The summed E-state index contributed by atoms with van der Waals surface area (Å²) in [5.74, 6) is -0.170. The molecule has 0 bridgehead atoms. The topological polar surface area (TPSA) is 17.8 Å². The zero-order valence-electron chi connectivity index (χ0n) is 8.87. The zero-order valence-corrected chi connectivity index (χ0v) is 8.87. The summed E-state index contributed by atoms with van der Waals surface area (Å²) in [5.41, 5.74) is 2.50. The maximum atomic E-state index is 13.4. The van der Waals surface area contributed by atoms with Crippen molar-refractivity contribution in [3.05, 3.63) is 41.8 Å². The molecule has 0 atom stereocenters. The highest BCUT2D eigenvalue weighted by Gasteiger charge is 2.06. The third-order valence-corrected chi connectivity index (χ3v) is 2.48. The second kappa shape index (κ2) is 3.85. The van der Waals surface area contributed by atoms with E-state index in [1.165, 1.54) is 0 Å². The second-order valence-electron chi connectivity index (χ2n) is 3.50. The fourth-order valence-electron chi connectivity index (χ4n) is 1.58. The lowest BCUT2D eigenvalue weighted by Gasteiger charge is -2.05. The Labute approximate surface area is 88.4 Å². The predicted molar refractivity (Wildman–Crippen MR) is 58.0 cm³/mol. The molecule has 2 aromatic rings. The van der Waals surface area contributed by atoms with E-state index in [0.717, 1.165) is 17.8 Å². The Hall–Kier alpha value is -1.64. The van der Waals surface area contributed by atoms with Crippen LogP contribution in [0.15, 0.2) is 30.5 Å². The Balaban J connectivity index is 2.50. The summed E-state index contributed by atoms with van der Waals surface area (Å²) in [6.45, 7) is 4.56. The Morgan fingerprint density at radius 2 is 2.13 bits per heavy atom. The summed E-state index contributed by atoms with van der Waals surface area (Å²) in [4.78, 5) is 0. The molecule has 0 saturated carbocycles. The van der Waals surface area contributed by atoms with Crippen molar-refractivity contribution in [2.24, 2.45) is 0 Å². The zero-order chi connectivity index (χ0) is 10.8. The van der Waals surface area contributed by atoms with E-state index < -0.39 is 0 Å². The molecule has 3 heteroatoms. The third-order valence-electron chi connectivity index (χ3n) is 2.48. The minimum atomic E-state index is -0.170. The Kier molecular flexibility index (Phi) is 2.54. The van der Waals surface area contributed by atoms with Crippen LogP contribution in [0.25, 0.3) is 11.3 Å². The van der Waals surface area contributed by atoms with Crippen LogP contribution in [-0.2, 0) is 6.54 Å². The molecule has 1 heterocycles. The highest BCUT2D eigenvalue weighted by molar-refractivity contribution is 5.59. The van der Waals surface area contributed by atoms with Crippen molar-refractivity contribution in [1.82, 2.24) is 9.78 Å². The van der Waals surface area contributed by atoms with Gasteiger partial charge < -0.3 is 0 Å². The van der Waals surface area contributed by atoms with E-state index in [0.29, 0.717) is 5.56 Å². The van der Waals surface area contributed by atoms with Crippen LogP contribution >= 0.6 is 0 Å². The highest BCUT2D eigenvalue weighted by atomic mass is 19.1. The number of nitrogens with zero attached hydrogens (tertiary/aromatic N) is 2. The first-order valence-electron chi connectivity index (χ1n) is 5.00. The third kappa shape index (κ3) is 1.77. The van der Waals surface area contributed by atoms with Gasteiger partial charge in [-0.3, -0.25) is 4.68 Å². The van der Waals surface area contributed by atoms with Gasteiger partial charge in [-0.15, -0.1) is 0 Å². The molecule has 2 nitrogen and oxygen atoms in total. The molecule has 0 aliphatic heterocycles. The normalized spacial score (nSPS) is 10.6. The number of hydrogen-bond acceptors (Lipinski definition) is 1. The molecule has 0 aliphatic rings.